The van der Waals surface area contributed by atoms with Crippen LogP contribution in [0, 0.1) is 11.3 Å². The number of carboxylic acid groups (broad SMARTS) is 1. The zero-order valence-corrected chi connectivity index (χ0v) is 16.5. The summed E-state index contributed by atoms with van der Waals surface area (Å²) in [6.07, 6.45) is 1.37. The molecule has 0 fully saturated rings. The minimum atomic E-state index is -1.01. The summed E-state index contributed by atoms with van der Waals surface area (Å²) in [5, 5.41) is 21.1. The minimum absolute atomic E-state index is 0.0925. The zero-order valence-electron chi connectivity index (χ0n) is 16.5. The molecule has 0 unspecified atom stereocenters. The lowest BCUT2D eigenvalue weighted by Gasteiger charge is -2.08. The first-order chi connectivity index (χ1) is 14.4. The Morgan fingerprint density at radius 3 is 2.27 bits per heavy atom. The molecule has 0 radical (unpaired) electrons. The highest BCUT2D eigenvalue weighted by atomic mass is 16.4. The van der Waals surface area contributed by atoms with Crippen molar-refractivity contribution in [1.29, 1.82) is 5.26 Å². The Morgan fingerprint density at radius 1 is 1.03 bits per heavy atom. The van der Waals surface area contributed by atoms with Gasteiger partial charge in [0.2, 0.25) is 0 Å². The van der Waals surface area contributed by atoms with E-state index in [1.54, 1.807) is 36.4 Å². The fourth-order valence-electron chi connectivity index (χ4n) is 2.80. The summed E-state index contributed by atoms with van der Waals surface area (Å²) < 4.78 is 5.69. The Labute approximate surface area is 174 Å². The summed E-state index contributed by atoms with van der Waals surface area (Å²) >= 11 is 0. The van der Waals surface area contributed by atoms with Crippen LogP contribution in [0.1, 0.15) is 41.4 Å². The van der Waals surface area contributed by atoms with Gasteiger partial charge in [-0.2, -0.15) is 5.26 Å². The number of carboxylic acids is 1. The number of nitrogens with one attached hydrogen (secondary N) is 1. The van der Waals surface area contributed by atoms with Crippen molar-refractivity contribution in [2.75, 3.05) is 5.32 Å². The number of benzene rings is 2. The van der Waals surface area contributed by atoms with E-state index in [1.165, 1.54) is 18.2 Å². The maximum absolute atomic E-state index is 12.4. The monoisotopic (exact) mass is 400 g/mol. The Morgan fingerprint density at radius 2 is 1.70 bits per heavy atom. The van der Waals surface area contributed by atoms with Gasteiger partial charge in [-0.1, -0.05) is 38.1 Å². The molecule has 0 aliphatic heterocycles. The van der Waals surface area contributed by atoms with Crippen LogP contribution >= 0.6 is 0 Å². The summed E-state index contributed by atoms with van der Waals surface area (Å²) in [5.41, 5.74) is 2.53. The fraction of sp³-hybridized carbons (Fsp3) is 0.125. The molecular formula is C24H20N2O4. The minimum Gasteiger partial charge on any atom is -0.478 e. The van der Waals surface area contributed by atoms with Crippen LogP contribution in [0.15, 0.2) is 70.7 Å². The number of amides is 1. The van der Waals surface area contributed by atoms with Crippen LogP contribution in [0.3, 0.4) is 0 Å². The van der Waals surface area contributed by atoms with E-state index in [2.05, 4.69) is 19.2 Å². The zero-order chi connectivity index (χ0) is 21.7. The van der Waals surface area contributed by atoms with Crippen LogP contribution in [0.2, 0.25) is 0 Å². The van der Waals surface area contributed by atoms with Crippen LogP contribution in [-0.2, 0) is 4.79 Å². The molecule has 0 bridgehead atoms. The average Bonchev–Trinajstić information content (AvgIpc) is 3.21. The van der Waals surface area contributed by atoms with Crippen molar-refractivity contribution in [3.63, 3.8) is 0 Å². The first kappa shape index (κ1) is 20.6. The van der Waals surface area contributed by atoms with Crippen molar-refractivity contribution in [1.82, 2.24) is 0 Å². The second-order valence-electron chi connectivity index (χ2n) is 6.99. The predicted molar refractivity (Wildman–Crippen MR) is 114 cm³/mol. The molecule has 30 heavy (non-hydrogen) atoms. The SMILES string of the molecule is CC(C)c1ccc(NC(=O)C(C#N)=Cc2ccc(-c3ccc(C(=O)O)cc3)o2)cc1. The van der Waals surface area contributed by atoms with Gasteiger partial charge in [0.15, 0.2) is 0 Å². The molecule has 0 saturated heterocycles. The van der Waals surface area contributed by atoms with E-state index in [0.717, 1.165) is 5.56 Å². The average molecular weight is 400 g/mol. The summed E-state index contributed by atoms with van der Waals surface area (Å²) in [7, 11) is 0. The number of carbonyl (C=O) groups excluding carboxylic acids is 1. The Hall–Kier alpha value is -4.11. The van der Waals surface area contributed by atoms with Crippen LogP contribution < -0.4 is 5.32 Å². The van der Waals surface area contributed by atoms with Gasteiger partial charge in [0.1, 0.15) is 23.2 Å². The van der Waals surface area contributed by atoms with E-state index in [4.69, 9.17) is 9.52 Å². The van der Waals surface area contributed by atoms with E-state index in [0.29, 0.717) is 28.7 Å². The van der Waals surface area contributed by atoms with Crippen LogP contribution in [0.5, 0.6) is 0 Å². The normalized spacial score (nSPS) is 11.2. The fourth-order valence-corrected chi connectivity index (χ4v) is 2.80. The van der Waals surface area contributed by atoms with Crippen molar-refractivity contribution in [3.05, 3.63) is 83.1 Å². The van der Waals surface area contributed by atoms with Gasteiger partial charge < -0.3 is 14.8 Å². The molecule has 1 heterocycles. The molecule has 2 aromatic carbocycles. The third-order valence-corrected chi connectivity index (χ3v) is 4.53. The number of nitrogens with zero attached hydrogens (tertiary/aromatic N) is 1. The summed E-state index contributed by atoms with van der Waals surface area (Å²) in [5.74, 6) is -0.307. The van der Waals surface area contributed by atoms with E-state index in [-0.39, 0.29) is 11.1 Å². The lowest BCUT2D eigenvalue weighted by Crippen LogP contribution is -2.13. The second kappa shape index (κ2) is 8.93. The van der Waals surface area contributed by atoms with Gasteiger partial charge in [0, 0.05) is 17.3 Å². The van der Waals surface area contributed by atoms with E-state index in [1.807, 2.05) is 18.2 Å². The number of hydrogen-bond donors (Lipinski definition) is 2. The largest absolute Gasteiger partial charge is 0.478 e. The van der Waals surface area contributed by atoms with Gasteiger partial charge in [-0.15, -0.1) is 0 Å². The maximum Gasteiger partial charge on any atom is 0.335 e. The topological polar surface area (TPSA) is 103 Å². The molecule has 0 aliphatic carbocycles. The molecular weight excluding hydrogens is 380 g/mol. The van der Waals surface area contributed by atoms with Crippen LogP contribution in [0.4, 0.5) is 5.69 Å². The molecule has 0 atom stereocenters. The summed E-state index contributed by atoms with van der Waals surface area (Å²) in [6.45, 7) is 4.17. The highest BCUT2D eigenvalue weighted by molar-refractivity contribution is 6.09. The Bertz CT molecular complexity index is 1130. The number of furan rings is 1. The van der Waals surface area contributed by atoms with E-state index >= 15 is 0 Å². The van der Waals surface area contributed by atoms with Gasteiger partial charge in [-0.3, -0.25) is 4.79 Å². The van der Waals surface area contributed by atoms with Crippen molar-refractivity contribution in [2.24, 2.45) is 0 Å². The molecule has 3 rings (SSSR count). The predicted octanol–water partition coefficient (Wildman–Crippen LogP) is 5.31. The Balaban J connectivity index is 1.75. The van der Waals surface area contributed by atoms with Crippen LogP contribution in [0.25, 0.3) is 17.4 Å². The van der Waals surface area contributed by atoms with Gasteiger partial charge in [-0.25, -0.2) is 4.79 Å². The standard InChI is InChI=1S/C24H20N2O4/c1-15(2)16-7-9-20(10-8-16)26-23(27)19(14-25)13-21-11-12-22(30-21)17-3-5-18(6-4-17)24(28)29/h3-13,15H,1-2H3,(H,26,27)(H,28,29). The Kier molecular flexibility index (Phi) is 6.14. The molecule has 0 aliphatic rings. The molecule has 1 aromatic heterocycles. The number of rotatable bonds is 6. The van der Waals surface area contributed by atoms with Gasteiger partial charge >= 0.3 is 5.97 Å². The quantitative estimate of drug-likeness (QED) is 0.431. The molecule has 2 N–H and O–H groups in total. The lowest BCUT2D eigenvalue weighted by atomic mass is 10.0. The first-order valence-corrected chi connectivity index (χ1v) is 9.34. The number of anilines is 1. The highest BCUT2D eigenvalue weighted by Gasteiger charge is 2.12. The van der Waals surface area contributed by atoms with Crippen molar-refractivity contribution in [2.45, 2.75) is 19.8 Å². The van der Waals surface area contributed by atoms with Crippen LogP contribution in [-0.4, -0.2) is 17.0 Å². The van der Waals surface area contributed by atoms with Crippen molar-refractivity contribution >= 4 is 23.6 Å². The number of aromatic carboxylic acids is 1. The van der Waals surface area contributed by atoms with Crippen molar-refractivity contribution < 1.29 is 19.1 Å². The van der Waals surface area contributed by atoms with Gasteiger partial charge in [0.25, 0.3) is 5.91 Å². The second-order valence-corrected chi connectivity index (χ2v) is 6.99. The third-order valence-electron chi connectivity index (χ3n) is 4.53. The molecule has 6 nitrogen and oxygen atoms in total. The van der Waals surface area contributed by atoms with E-state index in [9.17, 15) is 14.9 Å². The number of nitriles is 1. The first-order valence-electron chi connectivity index (χ1n) is 9.34. The van der Waals surface area contributed by atoms with Crippen molar-refractivity contribution in [3.8, 4) is 17.4 Å². The molecule has 150 valence electrons. The maximum atomic E-state index is 12.4. The summed E-state index contributed by atoms with van der Waals surface area (Å²) in [6, 6.07) is 18.9. The van der Waals surface area contributed by atoms with Gasteiger partial charge in [0.05, 0.1) is 5.56 Å². The number of hydrogen-bond acceptors (Lipinski definition) is 4. The molecule has 1 amide bonds. The molecule has 0 spiro atoms. The molecule has 0 saturated carbocycles. The smallest absolute Gasteiger partial charge is 0.335 e. The van der Waals surface area contributed by atoms with E-state index < -0.39 is 11.9 Å². The third kappa shape index (κ3) is 4.83. The summed E-state index contributed by atoms with van der Waals surface area (Å²) in [4.78, 5) is 23.4. The molecule has 6 heteroatoms. The lowest BCUT2D eigenvalue weighted by molar-refractivity contribution is -0.112. The molecule has 3 aromatic rings. The number of carbonyl (C=O) groups is 2. The highest BCUT2D eigenvalue weighted by Crippen LogP contribution is 2.24. The van der Waals surface area contributed by atoms with Gasteiger partial charge in [-0.05, 0) is 47.9 Å².